The topological polar surface area (TPSA) is 86.1 Å². The number of anilines is 1. The number of amides is 1. The second-order valence-corrected chi connectivity index (χ2v) is 8.95. The van der Waals surface area contributed by atoms with Gasteiger partial charge in [0.15, 0.2) is 11.3 Å². The van der Waals surface area contributed by atoms with Crippen molar-refractivity contribution in [2.45, 2.75) is 45.9 Å². The number of carbonyl (C=O) groups is 2. The van der Waals surface area contributed by atoms with E-state index in [1.54, 1.807) is 17.8 Å². The van der Waals surface area contributed by atoms with Gasteiger partial charge in [0.1, 0.15) is 6.33 Å². The molecule has 3 aromatic rings. The molecule has 0 radical (unpaired) electrons. The number of halogens is 1. The lowest BCUT2D eigenvalue weighted by Crippen LogP contribution is -2.31. The maximum atomic E-state index is 12.5. The van der Waals surface area contributed by atoms with E-state index in [0.29, 0.717) is 10.2 Å². The van der Waals surface area contributed by atoms with Crippen LogP contribution in [0.25, 0.3) is 5.69 Å². The number of carbonyl (C=O) groups excluding carboxylic acids is 2. The molecule has 1 aromatic heterocycles. The van der Waals surface area contributed by atoms with E-state index in [9.17, 15) is 9.59 Å². The first-order chi connectivity index (χ1) is 15.2. The highest BCUT2D eigenvalue weighted by Gasteiger charge is 2.20. The van der Waals surface area contributed by atoms with Crippen molar-refractivity contribution in [2.75, 3.05) is 11.1 Å². The maximum Gasteiger partial charge on any atom is 0.317 e. The zero-order chi connectivity index (χ0) is 23.4. The number of thioether (sulfide) groups is 1. The number of nitrogens with one attached hydrogen (secondary N) is 1. The van der Waals surface area contributed by atoms with E-state index >= 15 is 0 Å². The first-order valence-corrected chi connectivity index (χ1v) is 11.4. The average molecular weight is 473 g/mol. The normalized spacial score (nSPS) is 11.8. The molecule has 168 valence electrons. The van der Waals surface area contributed by atoms with Gasteiger partial charge in [-0.1, -0.05) is 47.1 Å². The zero-order valence-electron chi connectivity index (χ0n) is 18.6. The van der Waals surface area contributed by atoms with Crippen molar-refractivity contribution < 1.29 is 14.3 Å². The Balaban J connectivity index is 1.58. The predicted molar refractivity (Wildman–Crippen MR) is 127 cm³/mol. The Morgan fingerprint density at radius 2 is 1.81 bits per heavy atom. The Hall–Kier alpha value is -2.84. The Kier molecular flexibility index (Phi) is 7.58. The lowest BCUT2D eigenvalue weighted by atomic mass is 10.0. The van der Waals surface area contributed by atoms with Crippen LogP contribution in [-0.4, -0.2) is 38.5 Å². The predicted octanol–water partition coefficient (Wildman–Crippen LogP) is 4.82. The zero-order valence-corrected chi connectivity index (χ0v) is 20.2. The van der Waals surface area contributed by atoms with Gasteiger partial charge < -0.3 is 10.1 Å². The van der Waals surface area contributed by atoms with Crippen LogP contribution < -0.4 is 5.32 Å². The van der Waals surface area contributed by atoms with Gasteiger partial charge in [-0.3, -0.25) is 14.2 Å². The molecule has 3 rings (SSSR count). The van der Waals surface area contributed by atoms with Crippen molar-refractivity contribution in [3.05, 3.63) is 63.9 Å². The van der Waals surface area contributed by atoms with Crippen LogP contribution in [0.1, 0.15) is 29.2 Å². The van der Waals surface area contributed by atoms with Crippen LogP contribution in [0.3, 0.4) is 0 Å². The highest BCUT2D eigenvalue weighted by atomic mass is 35.5. The van der Waals surface area contributed by atoms with E-state index < -0.39 is 12.1 Å². The third-order valence-electron chi connectivity index (χ3n) is 4.87. The lowest BCUT2D eigenvalue weighted by molar-refractivity contribution is -0.150. The molecule has 1 unspecified atom stereocenters. The van der Waals surface area contributed by atoms with E-state index in [4.69, 9.17) is 16.3 Å². The van der Waals surface area contributed by atoms with Crippen LogP contribution >= 0.6 is 23.4 Å². The standard InChI is InChI=1S/C23H25ClN4O3S/c1-13-8-15(3)21(16(4)9-13)26-22(30)17(5)31-20(29)11-32-23-27-25-12-28(23)18-7-6-14(2)19(24)10-18/h6-10,12,17H,11H2,1-5H3,(H,26,30). The fourth-order valence-electron chi connectivity index (χ4n) is 3.24. The Morgan fingerprint density at radius 1 is 1.12 bits per heavy atom. The van der Waals surface area contributed by atoms with Crippen LogP contribution in [0.5, 0.6) is 0 Å². The van der Waals surface area contributed by atoms with Crippen molar-refractivity contribution in [2.24, 2.45) is 0 Å². The number of nitrogens with zero attached hydrogens (tertiary/aromatic N) is 3. The van der Waals surface area contributed by atoms with Crippen LogP contribution in [0, 0.1) is 27.7 Å². The molecule has 0 saturated heterocycles. The summed E-state index contributed by atoms with van der Waals surface area (Å²) >= 11 is 7.38. The number of ether oxygens (including phenoxy) is 1. The summed E-state index contributed by atoms with van der Waals surface area (Å²) in [6, 6.07) is 9.59. The summed E-state index contributed by atoms with van der Waals surface area (Å²) in [7, 11) is 0. The highest BCUT2D eigenvalue weighted by Crippen LogP contribution is 2.24. The van der Waals surface area contributed by atoms with E-state index in [1.807, 2.05) is 58.0 Å². The van der Waals surface area contributed by atoms with Gasteiger partial charge in [-0.05, 0) is 63.4 Å². The third kappa shape index (κ3) is 5.69. The molecule has 0 aliphatic carbocycles. The van der Waals surface area contributed by atoms with Crippen molar-refractivity contribution in [3.63, 3.8) is 0 Å². The minimum atomic E-state index is -0.933. The van der Waals surface area contributed by atoms with Crippen molar-refractivity contribution >= 4 is 40.9 Å². The molecule has 1 amide bonds. The quantitative estimate of drug-likeness (QED) is 0.392. The Bertz CT molecular complexity index is 1140. The average Bonchev–Trinajstić information content (AvgIpc) is 3.19. The number of hydrogen-bond acceptors (Lipinski definition) is 6. The molecule has 0 fully saturated rings. The van der Waals surface area contributed by atoms with Gasteiger partial charge in [-0.2, -0.15) is 0 Å². The van der Waals surface area contributed by atoms with Crippen LogP contribution in [-0.2, 0) is 14.3 Å². The second kappa shape index (κ2) is 10.2. The number of rotatable bonds is 7. The molecule has 9 heteroatoms. The molecule has 1 N–H and O–H groups in total. The largest absolute Gasteiger partial charge is 0.452 e. The first kappa shape index (κ1) is 23.8. The molecule has 1 atom stereocenters. The van der Waals surface area contributed by atoms with Gasteiger partial charge in [0.25, 0.3) is 5.91 Å². The summed E-state index contributed by atoms with van der Waals surface area (Å²) in [6.07, 6.45) is 0.619. The van der Waals surface area contributed by atoms with Gasteiger partial charge in [0.2, 0.25) is 0 Å². The molecule has 2 aromatic carbocycles. The Labute approximate surface area is 196 Å². The summed E-state index contributed by atoms with van der Waals surface area (Å²) in [5, 5.41) is 12.0. The van der Waals surface area contributed by atoms with E-state index in [2.05, 4.69) is 15.5 Å². The first-order valence-electron chi connectivity index (χ1n) is 10.0. The van der Waals surface area contributed by atoms with Gasteiger partial charge >= 0.3 is 5.97 Å². The van der Waals surface area contributed by atoms with E-state index in [1.165, 1.54) is 11.8 Å². The minimum absolute atomic E-state index is 0.0154. The molecule has 0 aliphatic heterocycles. The van der Waals surface area contributed by atoms with Crippen LogP contribution in [0.4, 0.5) is 5.69 Å². The lowest BCUT2D eigenvalue weighted by Gasteiger charge is -2.17. The monoisotopic (exact) mass is 472 g/mol. The van der Waals surface area contributed by atoms with Gasteiger partial charge in [0, 0.05) is 10.7 Å². The van der Waals surface area contributed by atoms with Crippen molar-refractivity contribution in [1.29, 1.82) is 0 Å². The van der Waals surface area contributed by atoms with Crippen molar-refractivity contribution in [3.8, 4) is 5.69 Å². The molecule has 0 aliphatic rings. The molecule has 0 saturated carbocycles. The van der Waals surface area contributed by atoms with Gasteiger partial charge in [-0.25, -0.2) is 0 Å². The number of benzene rings is 2. The summed E-state index contributed by atoms with van der Waals surface area (Å²) in [6.45, 7) is 9.33. The summed E-state index contributed by atoms with van der Waals surface area (Å²) in [5.41, 5.74) is 5.53. The number of aryl methyl sites for hydroxylation is 4. The van der Waals surface area contributed by atoms with Gasteiger partial charge in [-0.15, -0.1) is 10.2 Å². The fraction of sp³-hybridized carbons (Fsp3) is 0.304. The molecule has 32 heavy (non-hydrogen) atoms. The maximum absolute atomic E-state index is 12.5. The molecule has 7 nitrogen and oxygen atoms in total. The highest BCUT2D eigenvalue weighted by molar-refractivity contribution is 7.99. The van der Waals surface area contributed by atoms with Crippen molar-refractivity contribution in [1.82, 2.24) is 14.8 Å². The summed E-state index contributed by atoms with van der Waals surface area (Å²) < 4.78 is 7.05. The molecule has 1 heterocycles. The van der Waals surface area contributed by atoms with Crippen LogP contribution in [0.2, 0.25) is 5.02 Å². The molecular weight excluding hydrogens is 448 g/mol. The van der Waals surface area contributed by atoms with Gasteiger partial charge in [0.05, 0.1) is 11.4 Å². The smallest absolute Gasteiger partial charge is 0.317 e. The number of esters is 1. The summed E-state index contributed by atoms with van der Waals surface area (Å²) in [4.78, 5) is 24.9. The van der Waals surface area contributed by atoms with E-state index in [0.717, 1.165) is 33.6 Å². The van der Waals surface area contributed by atoms with E-state index in [-0.39, 0.29) is 11.7 Å². The number of hydrogen-bond donors (Lipinski definition) is 1. The number of aromatic nitrogens is 3. The molecule has 0 bridgehead atoms. The second-order valence-electron chi connectivity index (χ2n) is 7.60. The third-order valence-corrected chi connectivity index (χ3v) is 6.20. The fourth-order valence-corrected chi connectivity index (χ4v) is 4.13. The minimum Gasteiger partial charge on any atom is -0.452 e. The van der Waals surface area contributed by atoms with Crippen LogP contribution in [0.15, 0.2) is 41.8 Å². The Morgan fingerprint density at radius 3 is 2.47 bits per heavy atom. The summed E-state index contributed by atoms with van der Waals surface area (Å²) in [5.74, 6) is -0.916. The molecular formula is C23H25ClN4O3S. The SMILES string of the molecule is Cc1cc(C)c(NC(=O)C(C)OC(=O)CSc2nncn2-c2ccc(C)c(Cl)c2)c(C)c1. The molecule has 0 spiro atoms.